The van der Waals surface area contributed by atoms with E-state index in [1.165, 1.54) is 7.11 Å². The summed E-state index contributed by atoms with van der Waals surface area (Å²) in [4.78, 5) is 0. The molecule has 0 radical (unpaired) electrons. The lowest BCUT2D eigenvalue weighted by atomic mass is 10.0. The number of alkyl halides is 1. The van der Waals surface area contributed by atoms with Gasteiger partial charge in [-0.1, -0.05) is 0 Å². The van der Waals surface area contributed by atoms with Crippen molar-refractivity contribution in [2.75, 3.05) is 7.11 Å². The Morgan fingerprint density at radius 1 is 0.810 bits per heavy atom. The lowest BCUT2D eigenvalue weighted by molar-refractivity contribution is 0.405. The summed E-state index contributed by atoms with van der Waals surface area (Å²) in [6.07, 6.45) is 0. The Morgan fingerprint density at radius 3 is 1.57 bits per heavy atom. The molecule has 112 valence electrons. The highest BCUT2D eigenvalue weighted by atomic mass is 35.5. The molecule has 2 aromatic carbocycles. The van der Waals surface area contributed by atoms with Crippen LogP contribution >= 0.6 is 11.6 Å². The molecule has 1 atom stereocenters. The van der Waals surface area contributed by atoms with E-state index in [2.05, 4.69) is 4.74 Å². The zero-order valence-electron chi connectivity index (χ0n) is 10.6. The van der Waals surface area contributed by atoms with Gasteiger partial charge in [-0.2, -0.15) is 0 Å². The van der Waals surface area contributed by atoms with Crippen LogP contribution in [0.5, 0.6) is 5.75 Å². The molecule has 1 nitrogen and oxygen atoms in total. The first-order valence-corrected chi connectivity index (χ1v) is 6.10. The van der Waals surface area contributed by atoms with Gasteiger partial charge in [-0.15, -0.1) is 11.6 Å². The predicted molar refractivity (Wildman–Crippen MR) is 66.9 cm³/mol. The van der Waals surface area contributed by atoms with E-state index in [4.69, 9.17) is 11.6 Å². The van der Waals surface area contributed by atoms with E-state index in [1.54, 1.807) is 0 Å². The maximum atomic E-state index is 13.9. The van der Waals surface area contributed by atoms with Gasteiger partial charge in [0.25, 0.3) is 0 Å². The minimum Gasteiger partial charge on any atom is -0.497 e. The van der Waals surface area contributed by atoms with Gasteiger partial charge < -0.3 is 4.74 Å². The second-order valence-corrected chi connectivity index (χ2v) is 4.59. The molecule has 0 saturated heterocycles. The molecule has 0 aliphatic rings. The highest BCUT2D eigenvalue weighted by Crippen LogP contribution is 2.37. The van der Waals surface area contributed by atoms with Gasteiger partial charge in [-0.05, 0) is 0 Å². The van der Waals surface area contributed by atoms with Gasteiger partial charge in [0.05, 0.1) is 12.5 Å². The molecule has 0 aliphatic carbocycles. The number of halogens is 6. The number of hydrogen-bond donors (Lipinski definition) is 0. The molecule has 0 aromatic heterocycles. The van der Waals surface area contributed by atoms with Gasteiger partial charge in [0.15, 0.2) is 0 Å². The van der Waals surface area contributed by atoms with Crippen molar-refractivity contribution in [3.8, 4) is 5.75 Å². The van der Waals surface area contributed by atoms with Gasteiger partial charge in [0, 0.05) is 35.4 Å². The van der Waals surface area contributed by atoms with E-state index in [9.17, 15) is 22.0 Å². The smallest absolute Gasteiger partial charge is 0.134 e. The van der Waals surface area contributed by atoms with E-state index in [0.29, 0.717) is 12.1 Å². The molecule has 0 spiro atoms. The first kappa shape index (κ1) is 15.6. The van der Waals surface area contributed by atoms with Crippen molar-refractivity contribution >= 4 is 11.6 Å². The monoisotopic (exact) mass is 322 g/mol. The third-order valence-corrected chi connectivity index (χ3v) is 3.28. The minimum absolute atomic E-state index is 0.113. The summed E-state index contributed by atoms with van der Waals surface area (Å²) in [7, 11) is 1.20. The number of benzene rings is 2. The normalized spacial score (nSPS) is 12.3. The molecule has 21 heavy (non-hydrogen) atoms. The Hall–Kier alpha value is -1.82. The summed E-state index contributed by atoms with van der Waals surface area (Å²) >= 11 is 5.78. The molecular formula is C14H8ClF5O. The van der Waals surface area contributed by atoms with Crippen molar-refractivity contribution in [1.82, 2.24) is 0 Å². The standard InChI is InChI=1S/C14H8ClF5O/c1-21-7-4-10(19)13(11(20)5-7)14(15)12-8(17)2-6(16)3-9(12)18/h2-5,14H,1H3. The van der Waals surface area contributed by atoms with Crippen LogP contribution in [0.3, 0.4) is 0 Å². The molecular weight excluding hydrogens is 315 g/mol. The third kappa shape index (κ3) is 2.95. The lowest BCUT2D eigenvalue weighted by Crippen LogP contribution is -2.07. The van der Waals surface area contributed by atoms with Crippen molar-refractivity contribution in [2.24, 2.45) is 0 Å². The molecule has 0 saturated carbocycles. The zero-order valence-corrected chi connectivity index (χ0v) is 11.3. The maximum absolute atomic E-state index is 13.9. The van der Waals surface area contributed by atoms with Crippen molar-refractivity contribution < 1.29 is 26.7 Å². The zero-order chi connectivity index (χ0) is 15.7. The molecule has 0 amide bonds. The quantitative estimate of drug-likeness (QED) is 0.587. The number of rotatable bonds is 3. The molecule has 0 aliphatic heterocycles. The van der Waals surface area contributed by atoms with Gasteiger partial charge in [-0.3, -0.25) is 0 Å². The average molecular weight is 323 g/mol. The van der Waals surface area contributed by atoms with Crippen LogP contribution in [0.15, 0.2) is 24.3 Å². The SMILES string of the molecule is COc1cc(F)c(C(Cl)c2c(F)cc(F)cc2F)c(F)c1. The molecule has 2 aromatic rings. The van der Waals surface area contributed by atoms with Crippen LogP contribution in [-0.2, 0) is 0 Å². The van der Waals surface area contributed by atoms with Crippen LogP contribution in [0.4, 0.5) is 22.0 Å². The second-order valence-electron chi connectivity index (χ2n) is 4.15. The third-order valence-electron chi connectivity index (χ3n) is 2.84. The van der Waals surface area contributed by atoms with E-state index < -0.39 is 45.6 Å². The van der Waals surface area contributed by atoms with Crippen LogP contribution in [-0.4, -0.2) is 7.11 Å². The van der Waals surface area contributed by atoms with Crippen molar-refractivity contribution in [2.45, 2.75) is 5.38 Å². The molecule has 2 rings (SSSR count). The molecule has 0 N–H and O–H groups in total. The Kier molecular flexibility index (Phi) is 4.37. The van der Waals surface area contributed by atoms with Crippen LogP contribution in [0.25, 0.3) is 0 Å². The molecule has 0 fully saturated rings. The van der Waals surface area contributed by atoms with Gasteiger partial charge in [-0.25, -0.2) is 22.0 Å². The Labute approximate surface area is 121 Å². The van der Waals surface area contributed by atoms with Crippen LogP contribution in [0.1, 0.15) is 16.5 Å². The minimum atomic E-state index is -1.79. The topological polar surface area (TPSA) is 9.23 Å². The lowest BCUT2D eigenvalue weighted by Gasteiger charge is -2.15. The van der Waals surface area contributed by atoms with Crippen molar-refractivity contribution in [3.63, 3.8) is 0 Å². The fourth-order valence-electron chi connectivity index (χ4n) is 1.86. The van der Waals surface area contributed by atoms with Crippen LogP contribution in [0, 0.1) is 29.1 Å². The first-order chi connectivity index (χ1) is 9.85. The first-order valence-electron chi connectivity index (χ1n) is 5.66. The summed E-state index contributed by atoms with van der Waals surface area (Å²) in [6.45, 7) is 0. The number of hydrogen-bond acceptors (Lipinski definition) is 1. The fourth-order valence-corrected chi connectivity index (χ4v) is 2.28. The van der Waals surface area contributed by atoms with Crippen molar-refractivity contribution in [1.29, 1.82) is 0 Å². The summed E-state index contributed by atoms with van der Waals surface area (Å²) < 4.78 is 72.5. The fraction of sp³-hybridized carbons (Fsp3) is 0.143. The van der Waals surface area contributed by atoms with Gasteiger partial charge in [0.2, 0.25) is 0 Å². The van der Waals surface area contributed by atoms with Gasteiger partial charge in [0.1, 0.15) is 34.8 Å². The summed E-state index contributed by atoms with van der Waals surface area (Å²) in [5.41, 5.74) is -1.58. The van der Waals surface area contributed by atoms with E-state index in [1.807, 2.05) is 0 Å². The Bertz CT molecular complexity index is 643. The highest BCUT2D eigenvalue weighted by molar-refractivity contribution is 6.22. The van der Waals surface area contributed by atoms with E-state index in [-0.39, 0.29) is 5.75 Å². The number of methoxy groups -OCH3 is 1. The maximum Gasteiger partial charge on any atom is 0.134 e. The summed E-state index contributed by atoms with van der Waals surface area (Å²) in [5, 5.41) is -1.79. The predicted octanol–water partition coefficient (Wildman–Crippen LogP) is 4.72. The second kappa shape index (κ2) is 5.89. The van der Waals surface area contributed by atoms with Crippen molar-refractivity contribution in [3.05, 3.63) is 64.5 Å². The Morgan fingerprint density at radius 2 is 1.19 bits per heavy atom. The molecule has 0 heterocycles. The average Bonchev–Trinajstić information content (AvgIpc) is 2.36. The highest BCUT2D eigenvalue weighted by Gasteiger charge is 2.27. The van der Waals surface area contributed by atoms with Crippen LogP contribution < -0.4 is 4.74 Å². The largest absolute Gasteiger partial charge is 0.497 e. The molecule has 7 heteroatoms. The van der Waals surface area contributed by atoms with E-state index >= 15 is 0 Å². The Balaban J connectivity index is 2.58. The van der Waals surface area contributed by atoms with Gasteiger partial charge >= 0.3 is 0 Å². The summed E-state index contributed by atoms with van der Waals surface area (Å²) in [5.74, 6) is -6.19. The molecule has 0 bridgehead atoms. The van der Waals surface area contributed by atoms with Crippen LogP contribution in [0.2, 0.25) is 0 Å². The summed E-state index contributed by atoms with van der Waals surface area (Å²) in [6, 6.07) is 2.42. The number of ether oxygens (including phenoxy) is 1. The van der Waals surface area contributed by atoms with E-state index in [0.717, 1.165) is 12.1 Å². The molecule has 1 unspecified atom stereocenters.